The number of hydrogen-bond donors (Lipinski definition) is 1. The van der Waals surface area contributed by atoms with Gasteiger partial charge in [0.15, 0.2) is 0 Å². The van der Waals surface area contributed by atoms with Crippen molar-refractivity contribution in [3.8, 4) is 0 Å². The molecule has 1 aromatic carbocycles. The summed E-state index contributed by atoms with van der Waals surface area (Å²) in [6.45, 7) is 1.96. The number of amides is 1. The predicted octanol–water partition coefficient (Wildman–Crippen LogP) is 1.77. The fraction of sp³-hybridized carbons (Fsp3) is 0.417. The molecule has 4 nitrogen and oxygen atoms in total. The first-order valence-electron chi connectivity index (χ1n) is 5.56. The van der Waals surface area contributed by atoms with E-state index in [1.165, 1.54) is 0 Å². The van der Waals surface area contributed by atoms with Crippen molar-refractivity contribution in [1.29, 1.82) is 0 Å². The Morgan fingerprint density at radius 2 is 2.24 bits per heavy atom. The summed E-state index contributed by atoms with van der Waals surface area (Å²) in [5.41, 5.74) is 1.98. The average Bonchev–Trinajstić information content (AvgIpc) is 2.27. The summed E-state index contributed by atoms with van der Waals surface area (Å²) >= 11 is 3.44. The third-order valence-corrected chi connectivity index (χ3v) is 3.25. The van der Waals surface area contributed by atoms with Crippen molar-refractivity contribution in [3.63, 3.8) is 0 Å². The van der Waals surface area contributed by atoms with Gasteiger partial charge in [0.1, 0.15) is 0 Å². The molecule has 0 radical (unpaired) electrons. The van der Waals surface area contributed by atoms with E-state index in [-0.39, 0.29) is 5.91 Å². The molecule has 0 saturated carbocycles. The van der Waals surface area contributed by atoms with Crippen molar-refractivity contribution in [3.05, 3.63) is 22.7 Å². The second kappa shape index (κ2) is 5.06. The molecule has 92 valence electrons. The standard InChI is InChI=1S/C12H16BrN3O/c1-15(2)5-6-16-11-7-9(13)3-4-10(11)14-8-12(16)17/h3-4,7,14H,5-6,8H2,1-2H3. The zero-order chi connectivity index (χ0) is 12.4. The maximum atomic E-state index is 11.9. The molecular weight excluding hydrogens is 282 g/mol. The van der Waals surface area contributed by atoms with Crippen LogP contribution in [0.1, 0.15) is 0 Å². The number of carbonyl (C=O) groups is 1. The fourth-order valence-electron chi connectivity index (χ4n) is 1.82. The number of halogens is 1. The molecule has 0 aromatic heterocycles. The number of fused-ring (bicyclic) bond motifs is 1. The molecule has 0 spiro atoms. The van der Waals surface area contributed by atoms with Crippen LogP contribution >= 0.6 is 15.9 Å². The van der Waals surface area contributed by atoms with Crippen LogP contribution in [0.25, 0.3) is 0 Å². The third kappa shape index (κ3) is 2.79. The van der Waals surface area contributed by atoms with Crippen LogP contribution in [0, 0.1) is 0 Å². The summed E-state index contributed by atoms with van der Waals surface area (Å²) in [5.74, 6) is 0.123. The quantitative estimate of drug-likeness (QED) is 0.924. The van der Waals surface area contributed by atoms with Gasteiger partial charge in [-0.15, -0.1) is 0 Å². The molecule has 1 aliphatic rings. The molecule has 2 rings (SSSR count). The molecule has 1 N–H and O–H groups in total. The Balaban J connectivity index is 2.26. The minimum atomic E-state index is 0.123. The highest BCUT2D eigenvalue weighted by atomic mass is 79.9. The first-order valence-corrected chi connectivity index (χ1v) is 6.36. The van der Waals surface area contributed by atoms with E-state index in [9.17, 15) is 4.79 Å². The lowest BCUT2D eigenvalue weighted by atomic mass is 10.2. The van der Waals surface area contributed by atoms with E-state index in [1.54, 1.807) is 0 Å². The number of likely N-dealkylation sites (N-methyl/N-ethyl adjacent to an activating group) is 1. The monoisotopic (exact) mass is 297 g/mol. The molecule has 5 heteroatoms. The highest BCUT2D eigenvalue weighted by Gasteiger charge is 2.23. The van der Waals surface area contributed by atoms with Crippen LogP contribution in [0.2, 0.25) is 0 Å². The summed E-state index contributed by atoms with van der Waals surface area (Å²) < 4.78 is 0.989. The lowest BCUT2D eigenvalue weighted by molar-refractivity contribution is -0.117. The van der Waals surface area contributed by atoms with Gasteiger partial charge in [-0.05, 0) is 32.3 Å². The van der Waals surface area contributed by atoms with Crippen LogP contribution in [0.5, 0.6) is 0 Å². The molecule has 0 aliphatic carbocycles. The average molecular weight is 298 g/mol. The maximum Gasteiger partial charge on any atom is 0.246 e. The zero-order valence-corrected chi connectivity index (χ0v) is 11.6. The lowest BCUT2D eigenvalue weighted by Gasteiger charge is -2.31. The molecule has 1 amide bonds. The first-order chi connectivity index (χ1) is 8.08. The van der Waals surface area contributed by atoms with E-state index < -0.39 is 0 Å². The molecule has 1 heterocycles. The summed E-state index contributed by atoms with van der Waals surface area (Å²) in [6.07, 6.45) is 0. The second-order valence-corrected chi connectivity index (χ2v) is 5.28. The number of carbonyl (C=O) groups excluding carboxylic acids is 1. The number of nitrogens with one attached hydrogen (secondary N) is 1. The topological polar surface area (TPSA) is 35.6 Å². The number of hydrogen-bond acceptors (Lipinski definition) is 3. The van der Waals surface area contributed by atoms with Crippen molar-refractivity contribution in [2.75, 3.05) is 43.9 Å². The van der Waals surface area contributed by atoms with Crippen molar-refractivity contribution < 1.29 is 4.79 Å². The van der Waals surface area contributed by atoms with Gasteiger partial charge >= 0.3 is 0 Å². The van der Waals surface area contributed by atoms with E-state index in [4.69, 9.17) is 0 Å². The minimum absolute atomic E-state index is 0.123. The van der Waals surface area contributed by atoms with E-state index >= 15 is 0 Å². The van der Waals surface area contributed by atoms with Crippen LogP contribution in [0.15, 0.2) is 22.7 Å². The molecule has 0 saturated heterocycles. The molecular formula is C12H16BrN3O. The van der Waals surface area contributed by atoms with E-state index in [2.05, 4.69) is 26.1 Å². The van der Waals surface area contributed by atoms with Crippen molar-refractivity contribution >= 4 is 33.2 Å². The van der Waals surface area contributed by atoms with Crippen LogP contribution < -0.4 is 10.2 Å². The Morgan fingerprint density at radius 3 is 2.94 bits per heavy atom. The van der Waals surface area contributed by atoms with Gasteiger partial charge in [0, 0.05) is 17.6 Å². The summed E-state index contributed by atoms with van der Waals surface area (Å²) in [5, 5.41) is 3.13. The minimum Gasteiger partial charge on any atom is -0.374 e. The van der Waals surface area contributed by atoms with Gasteiger partial charge in [-0.3, -0.25) is 4.79 Å². The van der Waals surface area contributed by atoms with Gasteiger partial charge in [0.2, 0.25) is 5.91 Å². The fourth-order valence-corrected chi connectivity index (χ4v) is 2.17. The van der Waals surface area contributed by atoms with Crippen molar-refractivity contribution in [1.82, 2.24) is 4.90 Å². The maximum absolute atomic E-state index is 11.9. The van der Waals surface area contributed by atoms with Crippen LogP contribution in [0.3, 0.4) is 0 Å². The van der Waals surface area contributed by atoms with Crippen LogP contribution in [0.4, 0.5) is 11.4 Å². The summed E-state index contributed by atoms with van der Waals surface area (Å²) in [6, 6.07) is 5.95. The van der Waals surface area contributed by atoms with Gasteiger partial charge in [-0.1, -0.05) is 15.9 Å². The van der Waals surface area contributed by atoms with E-state index in [1.807, 2.05) is 37.2 Å². The van der Waals surface area contributed by atoms with Gasteiger partial charge < -0.3 is 15.1 Å². The van der Waals surface area contributed by atoms with E-state index in [0.29, 0.717) is 6.54 Å². The Kier molecular flexibility index (Phi) is 3.69. The molecule has 0 atom stereocenters. The van der Waals surface area contributed by atoms with E-state index in [0.717, 1.165) is 28.9 Å². The Labute approximate surface area is 110 Å². The first kappa shape index (κ1) is 12.4. The third-order valence-electron chi connectivity index (χ3n) is 2.75. The van der Waals surface area contributed by atoms with Gasteiger partial charge in [0.05, 0.1) is 17.9 Å². The van der Waals surface area contributed by atoms with Crippen LogP contribution in [-0.2, 0) is 4.79 Å². The van der Waals surface area contributed by atoms with Gasteiger partial charge in [-0.2, -0.15) is 0 Å². The summed E-state index contributed by atoms with van der Waals surface area (Å²) in [7, 11) is 4.02. The number of anilines is 2. The van der Waals surface area contributed by atoms with Crippen molar-refractivity contribution in [2.45, 2.75) is 0 Å². The highest BCUT2D eigenvalue weighted by Crippen LogP contribution is 2.32. The smallest absolute Gasteiger partial charge is 0.246 e. The lowest BCUT2D eigenvalue weighted by Crippen LogP contribution is -2.43. The molecule has 1 aliphatic heterocycles. The Hall–Kier alpha value is -1.07. The van der Waals surface area contributed by atoms with Gasteiger partial charge in [0.25, 0.3) is 0 Å². The number of nitrogens with zero attached hydrogens (tertiary/aromatic N) is 2. The second-order valence-electron chi connectivity index (χ2n) is 4.36. The Bertz CT molecular complexity index is 434. The predicted molar refractivity (Wildman–Crippen MR) is 73.5 cm³/mol. The number of rotatable bonds is 3. The molecule has 0 bridgehead atoms. The van der Waals surface area contributed by atoms with Gasteiger partial charge in [-0.25, -0.2) is 0 Å². The van der Waals surface area contributed by atoms with Crippen molar-refractivity contribution in [2.24, 2.45) is 0 Å². The summed E-state index contributed by atoms with van der Waals surface area (Å²) in [4.78, 5) is 15.8. The highest BCUT2D eigenvalue weighted by molar-refractivity contribution is 9.10. The van der Waals surface area contributed by atoms with Crippen LogP contribution in [-0.4, -0.2) is 44.5 Å². The SMILES string of the molecule is CN(C)CCN1C(=O)CNc2ccc(Br)cc21. The zero-order valence-electron chi connectivity index (χ0n) is 10.0. The number of benzene rings is 1. The molecule has 0 fully saturated rings. The molecule has 17 heavy (non-hydrogen) atoms. The normalized spacial score (nSPS) is 14.8. The Morgan fingerprint density at radius 1 is 1.47 bits per heavy atom. The largest absolute Gasteiger partial charge is 0.374 e. The molecule has 1 aromatic rings. The molecule has 0 unspecified atom stereocenters.